The average molecular weight is 377 g/mol. The number of methoxy groups -OCH3 is 2. The summed E-state index contributed by atoms with van der Waals surface area (Å²) in [6, 6.07) is 5.39. The normalized spacial score (nSPS) is 17.2. The summed E-state index contributed by atoms with van der Waals surface area (Å²) >= 11 is 1.27. The zero-order chi connectivity index (χ0) is 18.5. The second-order valence-electron chi connectivity index (χ2n) is 6.32. The van der Waals surface area contributed by atoms with E-state index in [-0.39, 0.29) is 5.91 Å². The molecule has 140 valence electrons. The maximum Gasteiger partial charge on any atom is 0.277 e. The largest absolute Gasteiger partial charge is 0.493 e. The number of carbonyl (C=O) groups is 1. The molecule has 0 unspecified atom stereocenters. The van der Waals surface area contributed by atoms with Crippen LogP contribution in [0.5, 0.6) is 11.5 Å². The number of hydrogen-bond acceptors (Lipinski definition) is 7. The molecule has 0 N–H and O–H groups in total. The van der Waals surface area contributed by atoms with Crippen LogP contribution in [0.15, 0.2) is 27.8 Å². The Morgan fingerprint density at radius 1 is 1.31 bits per heavy atom. The smallest absolute Gasteiger partial charge is 0.277 e. The van der Waals surface area contributed by atoms with Crippen LogP contribution in [0, 0.1) is 5.92 Å². The highest BCUT2D eigenvalue weighted by Gasteiger charge is 2.21. The molecule has 2 heterocycles. The van der Waals surface area contributed by atoms with E-state index in [1.54, 1.807) is 26.4 Å². The second kappa shape index (κ2) is 8.44. The molecule has 1 aromatic heterocycles. The van der Waals surface area contributed by atoms with E-state index in [1.165, 1.54) is 18.2 Å². The van der Waals surface area contributed by atoms with Crippen LogP contribution in [-0.4, -0.2) is 54.1 Å². The van der Waals surface area contributed by atoms with E-state index in [0.29, 0.717) is 34.3 Å². The van der Waals surface area contributed by atoms with Gasteiger partial charge in [-0.15, -0.1) is 10.2 Å². The average Bonchev–Trinajstić information content (AvgIpc) is 3.14. The molecule has 2 aromatic rings. The van der Waals surface area contributed by atoms with Gasteiger partial charge in [0.1, 0.15) is 0 Å². The van der Waals surface area contributed by atoms with Crippen LogP contribution >= 0.6 is 11.8 Å². The van der Waals surface area contributed by atoms with Gasteiger partial charge in [-0.05, 0) is 37.0 Å². The Bertz CT molecular complexity index is 765. The fraction of sp³-hybridized carbons (Fsp3) is 0.500. The highest BCUT2D eigenvalue weighted by atomic mass is 32.2. The lowest BCUT2D eigenvalue weighted by molar-refractivity contribution is -0.130. The molecule has 0 bridgehead atoms. The number of ether oxygens (including phenoxy) is 2. The van der Waals surface area contributed by atoms with E-state index < -0.39 is 0 Å². The van der Waals surface area contributed by atoms with Crippen LogP contribution < -0.4 is 9.47 Å². The number of aromatic nitrogens is 2. The lowest BCUT2D eigenvalue weighted by atomic mass is 10.0. The van der Waals surface area contributed by atoms with Crippen molar-refractivity contribution in [3.05, 3.63) is 18.2 Å². The molecular weight excluding hydrogens is 354 g/mol. The molecule has 0 saturated carbocycles. The van der Waals surface area contributed by atoms with Crippen LogP contribution in [0.25, 0.3) is 11.5 Å². The van der Waals surface area contributed by atoms with Crippen molar-refractivity contribution in [2.24, 2.45) is 5.92 Å². The van der Waals surface area contributed by atoms with Gasteiger partial charge < -0.3 is 18.8 Å². The van der Waals surface area contributed by atoms with E-state index in [2.05, 4.69) is 17.1 Å². The molecular formula is C18H23N3O4S. The van der Waals surface area contributed by atoms with Gasteiger partial charge in [-0.3, -0.25) is 4.79 Å². The van der Waals surface area contributed by atoms with Crippen LogP contribution in [0.3, 0.4) is 0 Å². The minimum Gasteiger partial charge on any atom is -0.493 e. The third-order valence-corrected chi connectivity index (χ3v) is 5.17. The van der Waals surface area contributed by atoms with Crippen LogP contribution in [-0.2, 0) is 4.79 Å². The Morgan fingerprint density at radius 2 is 2.12 bits per heavy atom. The quantitative estimate of drug-likeness (QED) is 0.716. The van der Waals surface area contributed by atoms with Crippen molar-refractivity contribution in [3.8, 4) is 23.0 Å². The number of benzene rings is 1. The van der Waals surface area contributed by atoms with E-state index in [0.717, 1.165) is 25.1 Å². The topological polar surface area (TPSA) is 77.7 Å². The SMILES string of the molecule is COc1ccc(-c2nnc(SCC(=O)N3CCC[C@@H](C)C3)o2)cc1OC. The fourth-order valence-electron chi connectivity index (χ4n) is 2.98. The molecule has 1 atom stereocenters. The Labute approximate surface area is 157 Å². The monoisotopic (exact) mass is 377 g/mol. The maximum absolute atomic E-state index is 12.3. The molecule has 1 saturated heterocycles. The fourth-order valence-corrected chi connectivity index (χ4v) is 3.65. The molecule has 8 heteroatoms. The number of piperidine rings is 1. The minimum absolute atomic E-state index is 0.118. The minimum atomic E-state index is 0.118. The van der Waals surface area contributed by atoms with Crippen molar-refractivity contribution in [1.29, 1.82) is 0 Å². The predicted octanol–water partition coefficient (Wildman–Crippen LogP) is 3.10. The first-order chi connectivity index (χ1) is 12.6. The molecule has 0 spiro atoms. The molecule has 1 aliphatic rings. The molecule has 7 nitrogen and oxygen atoms in total. The summed E-state index contributed by atoms with van der Waals surface area (Å²) in [4.78, 5) is 14.3. The standard InChI is InChI=1S/C18H23N3O4S/c1-12-5-4-8-21(10-12)16(22)11-26-18-20-19-17(25-18)13-6-7-14(23-2)15(9-13)24-3/h6-7,9,12H,4-5,8,10-11H2,1-3H3/t12-/m1/s1. The Morgan fingerprint density at radius 3 is 2.85 bits per heavy atom. The predicted molar refractivity (Wildman–Crippen MR) is 98.5 cm³/mol. The van der Waals surface area contributed by atoms with E-state index in [1.807, 2.05) is 11.0 Å². The summed E-state index contributed by atoms with van der Waals surface area (Å²) in [6.07, 6.45) is 2.26. The van der Waals surface area contributed by atoms with Gasteiger partial charge in [-0.1, -0.05) is 18.7 Å². The molecule has 1 aliphatic heterocycles. The lowest BCUT2D eigenvalue weighted by Gasteiger charge is -2.30. The summed E-state index contributed by atoms with van der Waals surface area (Å²) in [5.74, 6) is 2.59. The van der Waals surface area contributed by atoms with Gasteiger partial charge in [0.2, 0.25) is 11.8 Å². The number of likely N-dealkylation sites (tertiary alicyclic amines) is 1. The highest BCUT2D eigenvalue weighted by Crippen LogP contribution is 2.32. The molecule has 1 aromatic carbocycles. The first-order valence-electron chi connectivity index (χ1n) is 8.57. The molecule has 0 aliphatic carbocycles. The van der Waals surface area contributed by atoms with Gasteiger partial charge in [0.05, 0.1) is 20.0 Å². The molecule has 1 amide bonds. The highest BCUT2D eigenvalue weighted by molar-refractivity contribution is 7.99. The van der Waals surface area contributed by atoms with Gasteiger partial charge in [0.15, 0.2) is 11.5 Å². The third-order valence-electron chi connectivity index (χ3n) is 4.37. The first-order valence-corrected chi connectivity index (χ1v) is 9.55. The lowest BCUT2D eigenvalue weighted by Crippen LogP contribution is -2.40. The summed E-state index contributed by atoms with van der Waals surface area (Å²) < 4.78 is 16.2. The van der Waals surface area contributed by atoms with E-state index >= 15 is 0 Å². The van der Waals surface area contributed by atoms with Crippen LogP contribution in [0.1, 0.15) is 19.8 Å². The molecule has 0 radical (unpaired) electrons. The first kappa shape index (κ1) is 18.6. The number of rotatable bonds is 6. The zero-order valence-electron chi connectivity index (χ0n) is 15.2. The van der Waals surface area contributed by atoms with Crippen LogP contribution in [0.2, 0.25) is 0 Å². The van der Waals surface area contributed by atoms with E-state index in [9.17, 15) is 4.79 Å². The Kier molecular flexibility index (Phi) is 6.03. The number of hydrogen-bond donors (Lipinski definition) is 0. The van der Waals surface area contributed by atoms with Crippen molar-refractivity contribution in [3.63, 3.8) is 0 Å². The van der Waals surface area contributed by atoms with Crippen molar-refractivity contribution >= 4 is 17.7 Å². The number of nitrogens with zero attached hydrogens (tertiary/aromatic N) is 3. The van der Waals surface area contributed by atoms with Gasteiger partial charge in [0.25, 0.3) is 5.22 Å². The van der Waals surface area contributed by atoms with Gasteiger partial charge >= 0.3 is 0 Å². The summed E-state index contributed by atoms with van der Waals surface area (Å²) in [5.41, 5.74) is 0.734. The molecule has 26 heavy (non-hydrogen) atoms. The van der Waals surface area contributed by atoms with Crippen LogP contribution in [0.4, 0.5) is 0 Å². The summed E-state index contributed by atoms with van der Waals surface area (Å²) in [6.45, 7) is 3.85. The molecule has 1 fully saturated rings. The van der Waals surface area contributed by atoms with Crippen molar-refractivity contribution < 1.29 is 18.7 Å². The second-order valence-corrected chi connectivity index (χ2v) is 7.25. The molecule has 3 rings (SSSR count). The van der Waals surface area contributed by atoms with Crippen molar-refractivity contribution in [2.45, 2.75) is 25.0 Å². The maximum atomic E-state index is 12.3. The number of thioether (sulfide) groups is 1. The van der Waals surface area contributed by atoms with Gasteiger partial charge in [-0.2, -0.15) is 0 Å². The Balaban J connectivity index is 1.62. The van der Waals surface area contributed by atoms with Crippen molar-refractivity contribution in [2.75, 3.05) is 33.1 Å². The Hall–Kier alpha value is -2.22. The number of carbonyl (C=O) groups excluding carboxylic acids is 1. The summed E-state index contributed by atoms with van der Waals surface area (Å²) in [5, 5.41) is 8.47. The van der Waals surface area contributed by atoms with Gasteiger partial charge in [-0.25, -0.2) is 0 Å². The zero-order valence-corrected chi connectivity index (χ0v) is 16.0. The summed E-state index contributed by atoms with van der Waals surface area (Å²) in [7, 11) is 3.16. The van der Waals surface area contributed by atoms with Gasteiger partial charge in [0, 0.05) is 18.7 Å². The number of amides is 1. The van der Waals surface area contributed by atoms with E-state index in [4.69, 9.17) is 13.9 Å². The third kappa shape index (κ3) is 4.30. The van der Waals surface area contributed by atoms with Crippen molar-refractivity contribution in [1.82, 2.24) is 15.1 Å².